The monoisotopic (exact) mass is 358 g/mol. The summed E-state index contributed by atoms with van der Waals surface area (Å²) in [5.41, 5.74) is 3.25. The Balaban J connectivity index is 1.90. The normalized spacial score (nSPS) is 20.0. The number of aryl methyl sites for hydroxylation is 1. The van der Waals surface area contributed by atoms with Gasteiger partial charge in [-0.15, -0.1) is 0 Å². The Hall–Kier alpha value is -1.84. The van der Waals surface area contributed by atoms with E-state index in [4.69, 9.17) is 0 Å². The molecule has 0 radical (unpaired) electrons. The van der Waals surface area contributed by atoms with Crippen LogP contribution in [0.25, 0.3) is 0 Å². The van der Waals surface area contributed by atoms with E-state index in [1.165, 1.54) is 5.56 Å². The molecule has 0 heterocycles. The van der Waals surface area contributed by atoms with Crippen LogP contribution in [0, 0.1) is 18.8 Å². The summed E-state index contributed by atoms with van der Waals surface area (Å²) < 4.78 is 0. The number of nitrogens with one attached hydrogen (secondary N) is 2. The zero-order valence-electron chi connectivity index (χ0n) is 16.7. The maximum Gasteiger partial charge on any atom is 0.227 e. The van der Waals surface area contributed by atoms with E-state index in [1.807, 2.05) is 19.1 Å². The molecule has 0 spiro atoms. The average Bonchev–Trinajstić information content (AvgIpc) is 2.63. The molecule has 4 heteroatoms. The Morgan fingerprint density at radius 1 is 1.08 bits per heavy atom. The lowest BCUT2D eigenvalue weighted by Gasteiger charge is -2.28. The first kappa shape index (κ1) is 20.5. The van der Waals surface area contributed by atoms with Crippen LogP contribution in [-0.2, 0) is 9.59 Å². The van der Waals surface area contributed by atoms with Gasteiger partial charge in [0.15, 0.2) is 0 Å². The lowest BCUT2D eigenvalue weighted by Crippen LogP contribution is -2.36. The molecule has 1 saturated carbocycles. The van der Waals surface area contributed by atoms with E-state index in [2.05, 4.69) is 37.5 Å². The van der Waals surface area contributed by atoms with Crippen LogP contribution in [0.5, 0.6) is 0 Å². The SMILES string of the molecule is CCCCNC(=O)C1CCC(C(=O)Nc2c(C)cccc2C(C)C)CC1. The van der Waals surface area contributed by atoms with Crippen LogP contribution >= 0.6 is 0 Å². The number of benzene rings is 1. The Morgan fingerprint density at radius 3 is 2.27 bits per heavy atom. The molecule has 1 fully saturated rings. The van der Waals surface area contributed by atoms with Gasteiger partial charge in [-0.2, -0.15) is 0 Å². The summed E-state index contributed by atoms with van der Waals surface area (Å²) in [6.45, 7) is 9.22. The van der Waals surface area contributed by atoms with Gasteiger partial charge in [-0.25, -0.2) is 0 Å². The number of carbonyl (C=O) groups is 2. The summed E-state index contributed by atoms with van der Waals surface area (Å²) in [5.74, 6) is 0.715. The van der Waals surface area contributed by atoms with Crippen LogP contribution in [0.3, 0.4) is 0 Å². The van der Waals surface area contributed by atoms with Gasteiger partial charge in [0.25, 0.3) is 0 Å². The van der Waals surface area contributed by atoms with E-state index < -0.39 is 0 Å². The molecule has 0 unspecified atom stereocenters. The van der Waals surface area contributed by atoms with Crippen molar-refractivity contribution in [1.29, 1.82) is 0 Å². The summed E-state index contributed by atoms with van der Waals surface area (Å²) >= 11 is 0. The van der Waals surface area contributed by atoms with Crippen molar-refractivity contribution in [3.05, 3.63) is 29.3 Å². The van der Waals surface area contributed by atoms with Crippen molar-refractivity contribution in [2.24, 2.45) is 11.8 Å². The molecule has 0 bridgehead atoms. The van der Waals surface area contributed by atoms with Crippen LogP contribution in [0.4, 0.5) is 5.69 Å². The highest BCUT2D eigenvalue weighted by Gasteiger charge is 2.30. The van der Waals surface area contributed by atoms with Crippen LogP contribution in [-0.4, -0.2) is 18.4 Å². The van der Waals surface area contributed by atoms with Crippen molar-refractivity contribution in [3.8, 4) is 0 Å². The number of hydrogen-bond acceptors (Lipinski definition) is 2. The molecule has 1 aromatic rings. The molecule has 2 rings (SSSR count). The van der Waals surface area contributed by atoms with Gasteiger partial charge in [-0.3, -0.25) is 9.59 Å². The molecule has 1 aliphatic carbocycles. The molecule has 144 valence electrons. The van der Waals surface area contributed by atoms with Gasteiger partial charge in [0, 0.05) is 24.1 Å². The molecule has 0 aliphatic heterocycles. The number of unbranched alkanes of at least 4 members (excludes halogenated alkanes) is 1. The molecule has 4 nitrogen and oxygen atoms in total. The Kier molecular flexibility index (Phi) is 7.67. The van der Waals surface area contributed by atoms with Crippen molar-refractivity contribution in [1.82, 2.24) is 5.32 Å². The van der Waals surface area contributed by atoms with E-state index in [1.54, 1.807) is 0 Å². The third kappa shape index (κ3) is 5.33. The third-order valence-corrected chi connectivity index (χ3v) is 5.47. The summed E-state index contributed by atoms with van der Waals surface area (Å²) in [6, 6.07) is 6.17. The Morgan fingerprint density at radius 2 is 1.69 bits per heavy atom. The topological polar surface area (TPSA) is 58.2 Å². The number of rotatable bonds is 7. The lowest BCUT2D eigenvalue weighted by atomic mass is 9.81. The maximum absolute atomic E-state index is 12.8. The fourth-order valence-corrected chi connectivity index (χ4v) is 3.72. The second-order valence-electron chi connectivity index (χ2n) is 7.88. The first-order valence-corrected chi connectivity index (χ1v) is 10.1. The number of hydrogen-bond donors (Lipinski definition) is 2. The summed E-state index contributed by atoms with van der Waals surface area (Å²) in [4.78, 5) is 25.0. The van der Waals surface area contributed by atoms with Crippen molar-refractivity contribution < 1.29 is 9.59 Å². The Bertz CT molecular complexity index is 617. The number of para-hydroxylation sites is 1. The quantitative estimate of drug-likeness (QED) is 0.689. The predicted molar refractivity (Wildman–Crippen MR) is 107 cm³/mol. The molecule has 2 N–H and O–H groups in total. The third-order valence-electron chi connectivity index (χ3n) is 5.47. The zero-order chi connectivity index (χ0) is 19.1. The molecule has 0 atom stereocenters. The number of amides is 2. The standard InChI is InChI=1S/C22H34N2O2/c1-5-6-14-23-21(25)17-10-12-18(13-11-17)22(26)24-20-16(4)8-7-9-19(20)15(2)3/h7-9,15,17-18H,5-6,10-14H2,1-4H3,(H,23,25)(H,24,26). The molecule has 1 aromatic carbocycles. The maximum atomic E-state index is 12.8. The highest BCUT2D eigenvalue weighted by molar-refractivity contribution is 5.94. The van der Waals surface area contributed by atoms with Gasteiger partial charge in [0.05, 0.1) is 0 Å². The van der Waals surface area contributed by atoms with Crippen molar-refractivity contribution >= 4 is 17.5 Å². The molecule has 2 amide bonds. The van der Waals surface area contributed by atoms with Crippen LogP contribution in [0.1, 0.15) is 76.3 Å². The van der Waals surface area contributed by atoms with Crippen molar-refractivity contribution in [3.63, 3.8) is 0 Å². The van der Waals surface area contributed by atoms with Crippen molar-refractivity contribution in [2.75, 3.05) is 11.9 Å². The summed E-state index contributed by atoms with van der Waals surface area (Å²) in [7, 11) is 0. The Labute approximate surface area is 158 Å². The second-order valence-corrected chi connectivity index (χ2v) is 7.88. The lowest BCUT2D eigenvalue weighted by molar-refractivity contribution is -0.128. The van der Waals surface area contributed by atoms with Crippen LogP contribution in [0.2, 0.25) is 0 Å². The van der Waals surface area contributed by atoms with Gasteiger partial charge in [0.2, 0.25) is 11.8 Å². The van der Waals surface area contributed by atoms with Gasteiger partial charge in [-0.1, -0.05) is 45.4 Å². The van der Waals surface area contributed by atoms with Gasteiger partial charge < -0.3 is 10.6 Å². The largest absolute Gasteiger partial charge is 0.356 e. The van der Waals surface area contributed by atoms with Gasteiger partial charge >= 0.3 is 0 Å². The van der Waals surface area contributed by atoms with E-state index in [0.717, 1.165) is 56.3 Å². The van der Waals surface area contributed by atoms with Crippen LogP contribution in [0.15, 0.2) is 18.2 Å². The zero-order valence-corrected chi connectivity index (χ0v) is 16.7. The number of carbonyl (C=O) groups excluding carboxylic acids is 2. The molecular weight excluding hydrogens is 324 g/mol. The summed E-state index contributed by atoms with van der Waals surface area (Å²) in [6.07, 6.45) is 5.31. The van der Waals surface area contributed by atoms with E-state index in [9.17, 15) is 9.59 Å². The highest BCUT2D eigenvalue weighted by atomic mass is 16.2. The van der Waals surface area contributed by atoms with E-state index in [0.29, 0.717) is 5.92 Å². The minimum Gasteiger partial charge on any atom is -0.356 e. The summed E-state index contributed by atoms with van der Waals surface area (Å²) in [5, 5.41) is 6.20. The molecule has 1 aliphatic rings. The van der Waals surface area contributed by atoms with Crippen LogP contribution < -0.4 is 10.6 Å². The van der Waals surface area contributed by atoms with Gasteiger partial charge in [0.1, 0.15) is 0 Å². The second kappa shape index (κ2) is 9.75. The van der Waals surface area contributed by atoms with E-state index in [-0.39, 0.29) is 23.7 Å². The minimum atomic E-state index is 0.00862. The number of anilines is 1. The molecule has 0 saturated heterocycles. The van der Waals surface area contributed by atoms with Gasteiger partial charge in [-0.05, 0) is 56.1 Å². The fraction of sp³-hybridized carbons (Fsp3) is 0.636. The smallest absolute Gasteiger partial charge is 0.227 e. The highest BCUT2D eigenvalue weighted by Crippen LogP contribution is 2.32. The predicted octanol–water partition coefficient (Wildman–Crippen LogP) is 4.78. The van der Waals surface area contributed by atoms with E-state index >= 15 is 0 Å². The minimum absolute atomic E-state index is 0.00862. The molecule has 0 aromatic heterocycles. The van der Waals surface area contributed by atoms with Crippen molar-refractivity contribution in [2.45, 2.75) is 72.1 Å². The first-order chi connectivity index (χ1) is 12.4. The average molecular weight is 359 g/mol. The molecule has 26 heavy (non-hydrogen) atoms. The fourth-order valence-electron chi connectivity index (χ4n) is 3.72. The molecular formula is C22H34N2O2. The first-order valence-electron chi connectivity index (χ1n) is 10.1.